The summed E-state index contributed by atoms with van der Waals surface area (Å²) in [6.45, 7) is 14.3. The number of imidazole rings is 1. The number of nitrogens with one attached hydrogen (secondary N) is 1. The van der Waals surface area contributed by atoms with Crippen molar-refractivity contribution in [2.45, 2.75) is 54.1 Å². The maximum Gasteiger partial charge on any atom is 0.179 e. The number of hydrogen-bond donors (Lipinski definition) is 1. The van der Waals surface area contributed by atoms with Gasteiger partial charge in [-0.05, 0) is 36.9 Å². The Balaban J connectivity index is 2.31. The molecule has 0 unspecified atom stereocenters. The first-order valence-corrected chi connectivity index (χ1v) is 7.32. The number of nitrogens with zero attached hydrogens (tertiary/aromatic N) is 3. The van der Waals surface area contributed by atoms with E-state index < -0.39 is 0 Å². The normalized spacial score (nSPS) is 21.2. The lowest BCUT2D eigenvalue weighted by atomic mass is 10.0. The molecule has 1 N–H and O–H groups in total. The van der Waals surface area contributed by atoms with Gasteiger partial charge in [0.2, 0.25) is 0 Å². The molecule has 2 aromatic heterocycles. The molecule has 1 fully saturated rings. The van der Waals surface area contributed by atoms with Gasteiger partial charge in [0.1, 0.15) is 5.52 Å². The van der Waals surface area contributed by atoms with Crippen LogP contribution in [0.2, 0.25) is 0 Å². The van der Waals surface area contributed by atoms with Crippen LogP contribution in [0.3, 0.4) is 0 Å². The van der Waals surface area contributed by atoms with Crippen molar-refractivity contribution in [1.82, 2.24) is 19.3 Å². The van der Waals surface area contributed by atoms with Gasteiger partial charge in [-0.1, -0.05) is 27.7 Å². The molecule has 0 amide bonds. The van der Waals surface area contributed by atoms with Crippen molar-refractivity contribution in [3.63, 3.8) is 0 Å². The summed E-state index contributed by atoms with van der Waals surface area (Å²) >= 11 is 5.56. The van der Waals surface area contributed by atoms with Crippen molar-refractivity contribution in [2.24, 2.45) is 10.8 Å². The van der Waals surface area contributed by atoms with Crippen LogP contribution in [-0.2, 0) is 6.54 Å². The first kappa shape index (κ1) is 12.9. The molecule has 0 saturated heterocycles. The number of fused-ring (bicyclic) bond motifs is 1. The predicted octanol–water partition coefficient (Wildman–Crippen LogP) is 3.83. The molecule has 0 spiro atoms. The highest BCUT2D eigenvalue weighted by Gasteiger charge is 2.66. The summed E-state index contributed by atoms with van der Waals surface area (Å²) < 4.78 is 5.16. The van der Waals surface area contributed by atoms with E-state index in [0.29, 0.717) is 6.04 Å². The minimum absolute atomic E-state index is 0.261. The van der Waals surface area contributed by atoms with Gasteiger partial charge in [0.15, 0.2) is 10.4 Å². The van der Waals surface area contributed by atoms with Gasteiger partial charge >= 0.3 is 0 Å². The molecule has 0 bridgehead atoms. The van der Waals surface area contributed by atoms with E-state index in [2.05, 4.69) is 54.0 Å². The summed E-state index contributed by atoms with van der Waals surface area (Å²) in [6.07, 6.45) is 0. The molecular weight excluding hydrogens is 256 g/mol. The Kier molecular flexibility index (Phi) is 2.38. The van der Waals surface area contributed by atoms with Gasteiger partial charge in [0.25, 0.3) is 0 Å². The summed E-state index contributed by atoms with van der Waals surface area (Å²) in [5, 5.41) is 4.59. The summed E-state index contributed by atoms with van der Waals surface area (Å²) in [4.78, 5) is 3.34. The van der Waals surface area contributed by atoms with Gasteiger partial charge in [0.05, 0.1) is 5.69 Å². The van der Waals surface area contributed by atoms with E-state index >= 15 is 0 Å². The Labute approximate surface area is 118 Å². The third-order valence-corrected chi connectivity index (χ3v) is 5.58. The zero-order chi connectivity index (χ0) is 14.2. The van der Waals surface area contributed by atoms with Gasteiger partial charge in [-0.25, -0.2) is 4.68 Å². The topological polar surface area (TPSA) is 38.5 Å². The SMILES string of the molecule is CCn1nc(C)c2[nH]c(=S)n(C3C(C)(C)C3(C)C)c21. The second-order valence-electron chi connectivity index (χ2n) is 6.75. The number of H-pyrrole nitrogens is 1. The third-order valence-electron chi connectivity index (χ3n) is 5.28. The van der Waals surface area contributed by atoms with Crippen LogP contribution in [0.15, 0.2) is 0 Å². The molecule has 3 rings (SSSR count). The number of aryl methyl sites for hydroxylation is 2. The van der Waals surface area contributed by atoms with E-state index in [9.17, 15) is 0 Å². The first-order valence-electron chi connectivity index (χ1n) is 6.91. The van der Waals surface area contributed by atoms with Crippen LogP contribution in [0.4, 0.5) is 0 Å². The maximum atomic E-state index is 5.56. The molecular formula is C14H22N4S. The zero-order valence-corrected chi connectivity index (χ0v) is 13.4. The average molecular weight is 278 g/mol. The highest BCUT2D eigenvalue weighted by Crippen LogP contribution is 2.71. The minimum atomic E-state index is 0.261. The summed E-state index contributed by atoms with van der Waals surface area (Å²) in [5.74, 6) is 0. The van der Waals surface area contributed by atoms with Gasteiger partial charge < -0.3 is 4.98 Å². The van der Waals surface area contributed by atoms with Crippen LogP contribution in [0, 0.1) is 22.5 Å². The highest BCUT2D eigenvalue weighted by atomic mass is 32.1. The van der Waals surface area contributed by atoms with Crippen LogP contribution < -0.4 is 0 Å². The lowest BCUT2D eigenvalue weighted by molar-refractivity contribution is 0.457. The Bertz CT molecular complexity index is 700. The van der Waals surface area contributed by atoms with E-state index in [-0.39, 0.29) is 10.8 Å². The number of aromatic nitrogens is 4. The molecule has 2 aromatic rings. The van der Waals surface area contributed by atoms with Crippen molar-refractivity contribution in [3.8, 4) is 0 Å². The Morgan fingerprint density at radius 2 is 1.84 bits per heavy atom. The van der Waals surface area contributed by atoms with Gasteiger partial charge in [0, 0.05) is 12.6 Å². The largest absolute Gasteiger partial charge is 0.328 e. The smallest absolute Gasteiger partial charge is 0.179 e. The van der Waals surface area contributed by atoms with E-state index in [4.69, 9.17) is 12.2 Å². The van der Waals surface area contributed by atoms with Gasteiger partial charge in [-0.3, -0.25) is 4.57 Å². The zero-order valence-electron chi connectivity index (χ0n) is 12.5. The third kappa shape index (κ3) is 1.39. The molecule has 1 aliphatic carbocycles. The number of aromatic amines is 1. The van der Waals surface area contributed by atoms with Crippen LogP contribution in [0.5, 0.6) is 0 Å². The lowest BCUT2D eigenvalue weighted by Gasteiger charge is -2.08. The van der Waals surface area contributed by atoms with E-state index in [0.717, 1.165) is 28.2 Å². The second-order valence-corrected chi connectivity index (χ2v) is 7.13. The molecule has 0 aromatic carbocycles. The van der Waals surface area contributed by atoms with E-state index in [1.54, 1.807) is 0 Å². The molecule has 5 heteroatoms. The van der Waals surface area contributed by atoms with Crippen LogP contribution in [0.25, 0.3) is 11.2 Å². The van der Waals surface area contributed by atoms with E-state index in [1.807, 2.05) is 6.92 Å². The minimum Gasteiger partial charge on any atom is -0.328 e. The molecule has 0 radical (unpaired) electrons. The van der Waals surface area contributed by atoms with Crippen LogP contribution >= 0.6 is 12.2 Å². The van der Waals surface area contributed by atoms with Gasteiger partial charge in [-0.15, -0.1) is 0 Å². The number of hydrogen-bond acceptors (Lipinski definition) is 2. The van der Waals surface area contributed by atoms with Crippen molar-refractivity contribution >= 4 is 23.4 Å². The predicted molar refractivity (Wildman–Crippen MR) is 79.9 cm³/mol. The summed E-state index contributed by atoms with van der Waals surface area (Å²) in [6, 6.07) is 0.433. The molecule has 0 atom stereocenters. The quantitative estimate of drug-likeness (QED) is 0.848. The Morgan fingerprint density at radius 1 is 1.26 bits per heavy atom. The molecule has 19 heavy (non-hydrogen) atoms. The maximum absolute atomic E-state index is 5.56. The molecule has 104 valence electrons. The molecule has 0 aliphatic heterocycles. The summed E-state index contributed by atoms with van der Waals surface area (Å²) in [7, 11) is 0. The second kappa shape index (κ2) is 3.51. The van der Waals surface area contributed by atoms with Gasteiger partial charge in [-0.2, -0.15) is 5.10 Å². The fourth-order valence-corrected chi connectivity index (χ4v) is 3.78. The first-order chi connectivity index (χ1) is 8.73. The van der Waals surface area contributed by atoms with E-state index in [1.165, 1.54) is 0 Å². The Hall–Kier alpha value is -1.10. The van der Waals surface area contributed by atoms with Crippen molar-refractivity contribution < 1.29 is 0 Å². The monoisotopic (exact) mass is 278 g/mol. The Morgan fingerprint density at radius 3 is 2.32 bits per heavy atom. The van der Waals surface area contributed by atoms with Crippen LogP contribution in [0.1, 0.15) is 46.4 Å². The van der Waals surface area contributed by atoms with Crippen molar-refractivity contribution in [3.05, 3.63) is 10.5 Å². The van der Waals surface area contributed by atoms with Crippen molar-refractivity contribution in [2.75, 3.05) is 0 Å². The molecule has 2 heterocycles. The fourth-order valence-electron chi connectivity index (χ4n) is 3.49. The lowest BCUT2D eigenvalue weighted by Crippen LogP contribution is -2.07. The number of rotatable bonds is 2. The summed E-state index contributed by atoms with van der Waals surface area (Å²) in [5.41, 5.74) is 3.78. The van der Waals surface area contributed by atoms with Crippen LogP contribution in [-0.4, -0.2) is 19.3 Å². The molecule has 1 aliphatic rings. The fraction of sp³-hybridized carbons (Fsp3) is 0.714. The average Bonchev–Trinajstić information content (AvgIpc) is 2.65. The van der Waals surface area contributed by atoms with Crippen molar-refractivity contribution in [1.29, 1.82) is 0 Å². The highest BCUT2D eigenvalue weighted by molar-refractivity contribution is 7.71. The molecule has 4 nitrogen and oxygen atoms in total. The molecule has 1 saturated carbocycles. The standard InChI is InChI=1S/C14H22N4S/c1-7-17-10-9(8(2)16-17)15-12(19)18(10)11-13(3,4)14(11,5)6/h11H,7H2,1-6H3,(H,15,19).